The average Bonchev–Trinajstić information content (AvgIpc) is 3.58. The summed E-state index contributed by atoms with van der Waals surface area (Å²) in [5.74, 6) is 0.764. The molecular formula is C26H23BrN2O3. The highest BCUT2D eigenvalue weighted by Gasteiger charge is 2.67. The second-order valence-corrected chi connectivity index (χ2v) is 10.4. The molecule has 5 nitrogen and oxygen atoms in total. The van der Waals surface area contributed by atoms with Gasteiger partial charge in [0, 0.05) is 15.7 Å². The van der Waals surface area contributed by atoms with E-state index < -0.39 is 0 Å². The first-order valence-electron chi connectivity index (χ1n) is 11.1. The molecule has 1 heterocycles. The van der Waals surface area contributed by atoms with Crippen LogP contribution in [0, 0.1) is 49.4 Å². The van der Waals surface area contributed by atoms with Gasteiger partial charge in [-0.1, -0.05) is 28.1 Å². The number of anilines is 2. The topological polar surface area (TPSA) is 66.5 Å². The number of carbonyl (C=O) groups excluding carboxylic acids is 3. The van der Waals surface area contributed by atoms with E-state index in [2.05, 4.69) is 33.4 Å². The van der Waals surface area contributed by atoms with Crippen LogP contribution < -0.4 is 10.2 Å². The van der Waals surface area contributed by atoms with Gasteiger partial charge in [-0.25, -0.2) is 0 Å². The van der Waals surface area contributed by atoms with Gasteiger partial charge in [0.15, 0.2) is 0 Å². The van der Waals surface area contributed by atoms with Gasteiger partial charge >= 0.3 is 0 Å². The molecule has 5 aliphatic rings. The molecule has 1 aliphatic heterocycles. The Morgan fingerprint density at radius 3 is 2.09 bits per heavy atom. The van der Waals surface area contributed by atoms with Gasteiger partial charge in [0.05, 0.1) is 17.5 Å². The van der Waals surface area contributed by atoms with Crippen molar-refractivity contribution < 1.29 is 14.4 Å². The Bertz CT molecular complexity index is 1180. The molecule has 2 saturated carbocycles. The van der Waals surface area contributed by atoms with Gasteiger partial charge in [0.2, 0.25) is 11.8 Å². The Morgan fingerprint density at radius 2 is 1.50 bits per heavy atom. The Kier molecular flexibility index (Phi) is 4.28. The molecule has 32 heavy (non-hydrogen) atoms. The highest BCUT2D eigenvalue weighted by atomic mass is 79.9. The summed E-state index contributed by atoms with van der Waals surface area (Å²) in [7, 11) is 0. The molecule has 7 rings (SSSR count). The van der Waals surface area contributed by atoms with Crippen LogP contribution in [-0.2, 0) is 9.59 Å². The molecule has 2 aromatic carbocycles. The summed E-state index contributed by atoms with van der Waals surface area (Å²) in [6, 6.07) is 10.6. The highest BCUT2D eigenvalue weighted by molar-refractivity contribution is 9.10. The molecular weight excluding hydrogens is 468 g/mol. The summed E-state index contributed by atoms with van der Waals surface area (Å²) >= 11 is 3.50. The molecule has 162 valence electrons. The maximum Gasteiger partial charge on any atom is 0.255 e. The molecule has 2 aromatic rings. The predicted octanol–water partition coefficient (Wildman–Crippen LogP) is 4.88. The lowest BCUT2D eigenvalue weighted by atomic mass is 9.63. The van der Waals surface area contributed by atoms with Gasteiger partial charge in [-0.3, -0.25) is 19.3 Å². The average molecular weight is 491 g/mol. The van der Waals surface area contributed by atoms with Crippen molar-refractivity contribution in [3.8, 4) is 0 Å². The first-order valence-corrected chi connectivity index (χ1v) is 11.9. The number of imide groups is 1. The zero-order valence-electron chi connectivity index (χ0n) is 17.8. The lowest BCUT2D eigenvalue weighted by Crippen LogP contribution is -2.40. The van der Waals surface area contributed by atoms with E-state index in [1.54, 1.807) is 24.3 Å². The second kappa shape index (κ2) is 6.88. The number of benzene rings is 2. The van der Waals surface area contributed by atoms with Crippen molar-refractivity contribution in [2.75, 3.05) is 10.2 Å². The molecule has 6 heteroatoms. The van der Waals surface area contributed by atoms with Crippen LogP contribution in [-0.4, -0.2) is 17.7 Å². The molecule has 2 bridgehead atoms. The fourth-order valence-corrected chi connectivity index (χ4v) is 6.52. The standard InChI is InChI=1S/C26H23BrN2O3/c1-12-13(2)21(10-9-20(12)27)28-24(30)14-3-5-15(6-4-14)29-25(31)22-16-7-8-17(19-11-18(16)19)23(22)26(29)32/h3-10,16-19,22-23H,11H2,1-2H3,(H,28,30)/t16-,17-,18-,19-,22+,23+/m1/s1. The summed E-state index contributed by atoms with van der Waals surface area (Å²) in [5.41, 5.74) is 3.87. The van der Waals surface area contributed by atoms with E-state index in [0.717, 1.165) is 27.7 Å². The third-order valence-corrected chi connectivity index (χ3v) is 8.88. The molecule has 3 amide bonds. The SMILES string of the molecule is Cc1c(Br)ccc(NC(=O)c2ccc(N3C(=O)[C@H]4[C@@H]5C=C[C@H]([C@H]6C[C@H]56)[C@@H]4C3=O)cc2)c1C. The molecule has 6 atom stereocenters. The van der Waals surface area contributed by atoms with Crippen LogP contribution in [0.2, 0.25) is 0 Å². The van der Waals surface area contributed by atoms with Crippen LogP contribution in [0.3, 0.4) is 0 Å². The first-order chi connectivity index (χ1) is 15.4. The van der Waals surface area contributed by atoms with Crippen molar-refractivity contribution in [3.05, 3.63) is 69.7 Å². The largest absolute Gasteiger partial charge is 0.322 e. The molecule has 0 unspecified atom stereocenters. The molecule has 0 radical (unpaired) electrons. The zero-order valence-corrected chi connectivity index (χ0v) is 19.4. The van der Waals surface area contributed by atoms with Crippen molar-refractivity contribution in [2.24, 2.45) is 35.5 Å². The summed E-state index contributed by atoms with van der Waals surface area (Å²) in [6.45, 7) is 3.96. The highest BCUT2D eigenvalue weighted by Crippen LogP contribution is 2.65. The molecule has 0 aromatic heterocycles. The van der Waals surface area contributed by atoms with Crippen LogP contribution in [0.25, 0.3) is 0 Å². The van der Waals surface area contributed by atoms with E-state index >= 15 is 0 Å². The van der Waals surface area contributed by atoms with Crippen LogP contribution in [0.5, 0.6) is 0 Å². The number of hydrogen-bond acceptors (Lipinski definition) is 3. The Balaban J connectivity index is 1.23. The van der Waals surface area contributed by atoms with E-state index in [1.807, 2.05) is 26.0 Å². The van der Waals surface area contributed by atoms with E-state index in [1.165, 1.54) is 4.90 Å². The van der Waals surface area contributed by atoms with Crippen LogP contribution in [0.4, 0.5) is 11.4 Å². The smallest absolute Gasteiger partial charge is 0.255 e. The molecule has 1 N–H and O–H groups in total. The fourth-order valence-electron chi connectivity index (χ4n) is 6.09. The Morgan fingerprint density at radius 1 is 0.906 bits per heavy atom. The minimum atomic E-state index is -0.226. The van der Waals surface area contributed by atoms with Crippen molar-refractivity contribution >= 4 is 45.0 Å². The van der Waals surface area contributed by atoms with Crippen molar-refractivity contribution in [2.45, 2.75) is 20.3 Å². The molecule has 0 spiro atoms. The quantitative estimate of drug-likeness (QED) is 0.492. The number of amides is 3. The number of nitrogens with zero attached hydrogens (tertiary/aromatic N) is 1. The van der Waals surface area contributed by atoms with Crippen LogP contribution in [0.1, 0.15) is 27.9 Å². The zero-order chi connectivity index (χ0) is 22.3. The summed E-state index contributed by atoms with van der Waals surface area (Å²) in [4.78, 5) is 40.6. The number of allylic oxidation sites excluding steroid dienone is 2. The predicted molar refractivity (Wildman–Crippen MR) is 125 cm³/mol. The minimum absolute atomic E-state index is 0.0807. The summed E-state index contributed by atoms with van der Waals surface area (Å²) in [6.07, 6.45) is 5.50. The number of rotatable bonds is 3. The van der Waals surface area contributed by atoms with Gasteiger partial charge in [-0.15, -0.1) is 0 Å². The maximum absolute atomic E-state index is 13.2. The van der Waals surface area contributed by atoms with Gasteiger partial charge in [0.25, 0.3) is 5.91 Å². The van der Waals surface area contributed by atoms with E-state index in [9.17, 15) is 14.4 Å². The van der Waals surface area contributed by atoms with Gasteiger partial charge in [0.1, 0.15) is 0 Å². The number of nitrogens with one attached hydrogen (secondary N) is 1. The third-order valence-electron chi connectivity index (χ3n) is 8.02. The number of carbonyl (C=O) groups is 3. The first kappa shape index (κ1) is 19.9. The molecule has 3 fully saturated rings. The van der Waals surface area contributed by atoms with Crippen LogP contribution in [0.15, 0.2) is 53.0 Å². The molecule has 1 saturated heterocycles. The van der Waals surface area contributed by atoms with Gasteiger partial charge in [-0.2, -0.15) is 0 Å². The van der Waals surface area contributed by atoms with Crippen molar-refractivity contribution in [1.82, 2.24) is 0 Å². The van der Waals surface area contributed by atoms with E-state index in [0.29, 0.717) is 23.1 Å². The van der Waals surface area contributed by atoms with E-state index in [4.69, 9.17) is 0 Å². The van der Waals surface area contributed by atoms with Crippen molar-refractivity contribution in [3.63, 3.8) is 0 Å². The lowest BCUT2D eigenvalue weighted by Gasteiger charge is -2.37. The minimum Gasteiger partial charge on any atom is -0.322 e. The number of halogens is 1. The fraction of sp³-hybridized carbons (Fsp3) is 0.346. The third kappa shape index (κ3) is 2.71. The second-order valence-electron chi connectivity index (χ2n) is 9.51. The van der Waals surface area contributed by atoms with Gasteiger partial charge in [-0.05, 0) is 91.5 Å². The maximum atomic E-state index is 13.2. The van der Waals surface area contributed by atoms with Crippen LogP contribution >= 0.6 is 15.9 Å². The van der Waals surface area contributed by atoms with Gasteiger partial charge < -0.3 is 5.32 Å². The normalized spacial score (nSPS) is 31.5. The monoisotopic (exact) mass is 490 g/mol. The Labute approximate surface area is 195 Å². The molecule has 4 aliphatic carbocycles. The van der Waals surface area contributed by atoms with Crippen molar-refractivity contribution in [1.29, 1.82) is 0 Å². The Hall–Kier alpha value is -2.73. The summed E-state index contributed by atoms with van der Waals surface area (Å²) in [5, 5.41) is 2.96. The summed E-state index contributed by atoms with van der Waals surface area (Å²) < 4.78 is 0.999. The lowest BCUT2D eigenvalue weighted by molar-refractivity contribution is -0.124. The van der Waals surface area contributed by atoms with E-state index in [-0.39, 0.29) is 41.4 Å². The number of hydrogen-bond donors (Lipinski definition) is 1.